The number of amides is 1. The average Bonchev–Trinajstić information content (AvgIpc) is 3.20. The molecule has 0 saturated heterocycles. The molecule has 1 amide bonds. The minimum absolute atomic E-state index is 0.129. The summed E-state index contributed by atoms with van der Waals surface area (Å²) in [7, 11) is 0. The first kappa shape index (κ1) is 18.7. The lowest BCUT2D eigenvalue weighted by atomic mass is 10.2. The molecule has 0 radical (unpaired) electrons. The van der Waals surface area contributed by atoms with E-state index in [-0.39, 0.29) is 12.7 Å². The number of carbonyl (C=O) groups is 1. The number of aryl methyl sites for hydroxylation is 1. The summed E-state index contributed by atoms with van der Waals surface area (Å²) in [6.07, 6.45) is 0. The number of hydrogen-bond acceptors (Lipinski definition) is 6. The zero-order valence-electron chi connectivity index (χ0n) is 16.4. The number of hydrogen-bond donors (Lipinski definition) is 1. The molecule has 7 nitrogen and oxygen atoms in total. The monoisotopic (exact) mass is 390 g/mol. The maximum atomic E-state index is 13.1. The zero-order valence-corrected chi connectivity index (χ0v) is 16.4. The molecule has 1 aliphatic heterocycles. The van der Waals surface area contributed by atoms with Crippen LogP contribution in [0.15, 0.2) is 54.6 Å². The van der Waals surface area contributed by atoms with Gasteiger partial charge in [0, 0.05) is 30.9 Å². The molecule has 0 spiro atoms. The average molecular weight is 390 g/mol. The van der Waals surface area contributed by atoms with Crippen molar-refractivity contribution in [2.24, 2.45) is 0 Å². The van der Waals surface area contributed by atoms with Crippen LogP contribution in [0.25, 0.3) is 0 Å². The van der Waals surface area contributed by atoms with Gasteiger partial charge in [-0.15, -0.1) is 0 Å². The maximum absolute atomic E-state index is 13.1. The van der Waals surface area contributed by atoms with Gasteiger partial charge in [0.2, 0.25) is 6.79 Å². The molecule has 0 unspecified atom stereocenters. The Hall–Kier alpha value is -3.61. The summed E-state index contributed by atoms with van der Waals surface area (Å²) < 4.78 is 10.7. The van der Waals surface area contributed by atoms with Crippen molar-refractivity contribution in [2.75, 3.05) is 18.7 Å². The van der Waals surface area contributed by atoms with Crippen LogP contribution in [0.2, 0.25) is 0 Å². The van der Waals surface area contributed by atoms with Gasteiger partial charge in [-0.25, -0.2) is 9.97 Å². The van der Waals surface area contributed by atoms with Crippen molar-refractivity contribution >= 4 is 17.4 Å². The normalized spacial score (nSPS) is 11.9. The van der Waals surface area contributed by atoms with E-state index in [1.807, 2.05) is 55.5 Å². The fourth-order valence-electron chi connectivity index (χ4n) is 3.16. The fourth-order valence-corrected chi connectivity index (χ4v) is 3.16. The first-order valence-electron chi connectivity index (χ1n) is 9.48. The molecule has 0 atom stereocenters. The second-order valence-electron chi connectivity index (χ2n) is 6.68. The number of aromatic nitrogens is 2. The van der Waals surface area contributed by atoms with Gasteiger partial charge in [-0.2, -0.15) is 0 Å². The van der Waals surface area contributed by atoms with Gasteiger partial charge in [-0.1, -0.05) is 30.3 Å². The lowest BCUT2D eigenvalue weighted by Gasteiger charge is -2.21. The molecular weight excluding hydrogens is 368 g/mol. The molecule has 1 N–H and O–H groups in total. The van der Waals surface area contributed by atoms with Crippen LogP contribution < -0.4 is 14.8 Å². The molecule has 29 heavy (non-hydrogen) atoms. The van der Waals surface area contributed by atoms with Crippen LogP contribution in [0.5, 0.6) is 11.5 Å². The number of nitrogens with zero attached hydrogens (tertiary/aromatic N) is 3. The van der Waals surface area contributed by atoms with Crippen molar-refractivity contribution in [1.82, 2.24) is 14.9 Å². The lowest BCUT2D eigenvalue weighted by molar-refractivity contribution is 0.0746. The Morgan fingerprint density at radius 3 is 2.66 bits per heavy atom. The van der Waals surface area contributed by atoms with Crippen molar-refractivity contribution in [1.29, 1.82) is 0 Å². The van der Waals surface area contributed by atoms with Crippen molar-refractivity contribution < 1.29 is 14.3 Å². The highest BCUT2D eigenvalue weighted by molar-refractivity contribution is 5.93. The Kier molecular flexibility index (Phi) is 5.29. The van der Waals surface area contributed by atoms with Gasteiger partial charge in [-0.3, -0.25) is 4.79 Å². The Balaban J connectivity index is 1.54. The third-order valence-electron chi connectivity index (χ3n) is 4.59. The van der Waals surface area contributed by atoms with E-state index < -0.39 is 0 Å². The predicted molar refractivity (Wildman–Crippen MR) is 109 cm³/mol. The Bertz CT molecular complexity index is 1020. The molecule has 0 bridgehead atoms. The smallest absolute Gasteiger partial charge is 0.272 e. The van der Waals surface area contributed by atoms with Crippen molar-refractivity contribution in [3.63, 3.8) is 0 Å². The number of fused-ring (bicyclic) bond motifs is 1. The molecule has 0 saturated carbocycles. The van der Waals surface area contributed by atoms with Crippen LogP contribution >= 0.6 is 0 Å². The number of anilines is 2. The predicted octanol–water partition coefficient (Wildman–Crippen LogP) is 3.92. The summed E-state index contributed by atoms with van der Waals surface area (Å²) in [4.78, 5) is 23.6. The van der Waals surface area contributed by atoms with Crippen LogP contribution in [0, 0.1) is 6.92 Å². The quantitative estimate of drug-likeness (QED) is 0.687. The van der Waals surface area contributed by atoms with E-state index in [1.54, 1.807) is 17.9 Å². The minimum atomic E-state index is -0.129. The van der Waals surface area contributed by atoms with Gasteiger partial charge in [0.1, 0.15) is 17.3 Å². The summed E-state index contributed by atoms with van der Waals surface area (Å²) in [6, 6.07) is 17.1. The molecule has 1 aliphatic rings. The second-order valence-corrected chi connectivity index (χ2v) is 6.68. The van der Waals surface area contributed by atoms with Gasteiger partial charge in [0.05, 0.1) is 0 Å². The Morgan fingerprint density at radius 2 is 1.86 bits per heavy atom. The van der Waals surface area contributed by atoms with E-state index in [4.69, 9.17) is 9.47 Å². The molecule has 2 aromatic carbocycles. The van der Waals surface area contributed by atoms with Gasteiger partial charge < -0.3 is 19.7 Å². The van der Waals surface area contributed by atoms with Gasteiger partial charge >= 0.3 is 0 Å². The van der Waals surface area contributed by atoms with E-state index >= 15 is 0 Å². The molecule has 0 fully saturated rings. The summed E-state index contributed by atoms with van der Waals surface area (Å²) >= 11 is 0. The van der Waals surface area contributed by atoms with Crippen molar-refractivity contribution in [3.8, 4) is 11.5 Å². The van der Waals surface area contributed by atoms with Gasteiger partial charge in [-0.05, 0) is 31.5 Å². The van der Waals surface area contributed by atoms with Crippen molar-refractivity contribution in [2.45, 2.75) is 20.4 Å². The maximum Gasteiger partial charge on any atom is 0.272 e. The van der Waals surface area contributed by atoms with E-state index in [2.05, 4.69) is 15.3 Å². The number of benzene rings is 2. The fraction of sp³-hybridized carbons (Fsp3) is 0.227. The second kappa shape index (κ2) is 8.18. The molecule has 4 rings (SSSR count). The third kappa shape index (κ3) is 4.29. The summed E-state index contributed by atoms with van der Waals surface area (Å²) in [6.45, 7) is 5.07. The van der Waals surface area contributed by atoms with Gasteiger partial charge in [0.15, 0.2) is 11.5 Å². The topological polar surface area (TPSA) is 76.6 Å². The summed E-state index contributed by atoms with van der Waals surface area (Å²) in [5.41, 5.74) is 2.23. The van der Waals surface area contributed by atoms with Crippen LogP contribution in [0.4, 0.5) is 11.5 Å². The molecule has 2 heterocycles. The van der Waals surface area contributed by atoms with E-state index in [1.165, 1.54) is 0 Å². The Morgan fingerprint density at radius 1 is 1.07 bits per heavy atom. The largest absolute Gasteiger partial charge is 0.454 e. The third-order valence-corrected chi connectivity index (χ3v) is 4.59. The number of rotatable bonds is 6. The van der Waals surface area contributed by atoms with Crippen LogP contribution in [0.3, 0.4) is 0 Å². The highest BCUT2D eigenvalue weighted by Gasteiger charge is 2.18. The number of nitrogens with one attached hydrogen (secondary N) is 1. The first-order chi connectivity index (χ1) is 14.1. The summed E-state index contributed by atoms with van der Waals surface area (Å²) in [5.74, 6) is 2.34. The number of carbonyl (C=O) groups excluding carboxylic acids is 1. The van der Waals surface area contributed by atoms with Gasteiger partial charge in [0.25, 0.3) is 5.91 Å². The van der Waals surface area contributed by atoms with Crippen LogP contribution in [-0.4, -0.2) is 34.1 Å². The minimum Gasteiger partial charge on any atom is -0.454 e. The highest BCUT2D eigenvalue weighted by atomic mass is 16.7. The molecule has 7 heteroatoms. The highest BCUT2D eigenvalue weighted by Crippen LogP contribution is 2.35. The van der Waals surface area contributed by atoms with Crippen LogP contribution in [0.1, 0.15) is 28.8 Å². The van der Waals surface area contributed by atoms with Crippen LogP contribution in [-0.2, 0) is 6.54 Å². The van der Waals surface area contributed by atoms with Crippen molar-refractivity contribution in [3.05, 3.63) is 71.7 Å². The lowest BCUT2D eigenvalue weighted by Crippen LogP contribution is -2.31. The molecule has 148 valence electrons. The number of ether oxygens (including phenoxy) is 2. The Labute approximate surface area is 169 Å². The first-order valence-corrected chi connectivity index (χ1v) is 9.48. The molecule has 0 aliphatic carbocycles. The SMILES string of the molecule is CCN(Cc1ccccc1)C(=O)c1cc(Nc2ccc3c(c2)OCO3)nc(C)n1. The summed E-state index contributed by atoms with van der Waals surface area (Å²) in [5, 5.41) is 3.22. The molecule has 1 aromatic heterocycles. The van der Waals surface area contributed by atoms with E-state index in [0.29, 0.717) is 41.9 Å². The standard InChI is InChI=1S/C22H22N4O3/c1-3-26(13-16-7-5-4-6-8-16)22(27)18-12-21(24-15(2)23-18)25-17-9-10-19-20(11-17)29-14-28-19/h4-12H,3,13-14H2,1-2H3,(H,23,24,25). The molecular formula is C22H22N4O3. The van der Waals surface area contributed by atoms with E-state index in [0.717, 1.165) is 11.3 Å². The zero-order chi connectivity index (χ0) is 20.2. The van der Waals surface area contributed by atoms with E-state index in [9.17, 15) is 4.79 Å². The molecule has 3 aromatic rings.